The van der Waals surface area contributed by atoms with Gasteiger partial charge >= 0.3 is 12.0 Å². The first-order valence-corrected chi connectivity index (χ1v) is 14.2. The smallest absolute Gasteiger partial charge is 0.319 e. The van der Waals surface area contributed by atoms with E-state index < -0.39 is 36.0 Å². The van der Waals surface area contributed by atoms with Crippen LogP contribution in [-0.4, -0.2) is 46.9 Å². The summed E-state index contributed by atoms with van der Waals surface area (Å²) in [5, 5.41) is 17.8. The molecule has 1 aliphatic rings. The van der Waals surface area contributed by atoms with Crippen LogP contribution in [0.15, 0.2) is 109 Å². The van der Waals surface area contributed by atoms with Crippen molar-refractivity contribution in [2.75, 3.05) is 18.4 Å². The van der Waals surface area contributed by atoms with Gasteiger partial charge in [-0.3, -0.25) is 14.4 Å². The Labute approximate surface area is 254 Å². The molecule has 1 aliphatic heterocycles. The van der Waals surface area contributed by atoms with Gasteiger partial charge in [0.25, 0.3) is 5.91 Å². The molecule has 1 heterocycles. The highest BCUT2D eigenvalue weighted by Crippen LogP contribution is 2.33. The number of ether oxygens (including phenoxy) is 1. The molecule has 0 radical (unpaired) electrons. The predicted molar refractivity (Wildman–Crippen MR) is 164 cm³/mol. The van der Waals surface area contributed by atoms with Crippen molar-refractivity contribution < 1.29 is 29.0 Å². The zero-order valence-corrected chi connectivity index (χ0v) is 23.8. The Morgan fingerprint density at radius 3 is 2.23 bits per heavy atom. The van der Waals surface area contributed by atoms with Crippen LogP contribution in [0.1, 0.15) is 45.6 Å². The van der Waals surface area contributed by atoms with E-state index in [1.54, 1.807) is 42.5 Å². The number of hydrogen-bond acceptors (Lipinski definition) is 5. The summed E-state index contributed by atoms with van der Waals surface area (Å²) in [6.07, 6.45) is -0.893. The fourth-order valence-corrected chi connectivity index (χ4v) is 4.98. The maximum Gasteiger partial charge on any atom is 0.319 e. The minimum atomic E-state index is -1.07. The van der Waals surface area contributed by atoms with Gasteiger partial charge in [-0.2, -0.15) is 0 Å². The molecule has 10 heteroatoms. The first-order chi connectivity index (χ1) is 21.4. The lowest BCUT2D eigenvalue weighted by Gasteiger charge is -2.25. The summed E-state index contributed by atoms with van der Waals surface area (Å²) in [5.41, 5.74) is 2.95. The Morgan fingerprint density at radius 1 is 0.886 bits per heavy atom. The second-order valence-electron chi connectivity index (χ2n) is 10.3. The summed E-state index contributed by atoms with van der Waals surface area (Å²) < 4.78 is 6.29. The number of rotatable bonds is 10. The molecule has 4 amide bonds. The molecule has 10 nitrogen and oxygen atoms in total. The Kier molecular flexibility index (Phi) is 9.51. The molecule has 0 saturated heterocycles. The molecule has 2 atom stereocenters. The van der Waals surface area contributed by atoms with Crippen LogP contribution in [0.3, 0.4) is 0 Å². The second-order valence-corrected chi connectivity index (χ2v) is 10.3. The van der Waals surface area contributed by atoms with Crippen molar-refractivity contribution in [2.24, 2.45) is 0 Å². The van der Waals surface area contributed by atoms with E-state index >= 15 is 0 Å². The van der Waals surface area contributed by atoms with Gasteiger partial charge in [0.1, 0.15) is 18.4 Å². The molecular formula is C34H32N4O6. The minimum absolute atomic E-state index is 0.0696. The monoisotopic (exact) mass is 592 g/mol. The van der Waals surface area contributed by atoms with Crippen molar-refractivity contribution in [1.29, 1.82) is 0 Å². The van der Waals surface area contributed by atoms with Crippen molar-refractivity contribution in [3.63, 3.8) is 0 Å². The summed E-state index contributed by atoms with van der Waals surface area (Å²) in [7, 11) is 0. The highest BCUT2D eigenvalue weighted by molar-refractivity contribution is 6.01. The molecular weight excluding hydrogens is 560 g/mol. The number of benzene rings is 4. The van der Waals surface area contributed by atoms with E-state index in [9.17, 15) is 24.3 Å². The summed E-state index contributed by atoms with van der Waals surface area (Å²) in [6, 6.07) is 31.2. The second kappa shape index (κ2) is 14.0. The molecule has 4 N–H and O–H groups in total. The average Bonchev–Trinajstić information content (AvgIpc) is 3.17. The third-order valence-electron chi connectivity index (χ3n) is 7.13. The van der Waals surface area contributed by atoms with Crippen molar-refractivity contribution in [1.82, 2.24) is 15.5 Å². The number of amides is 4. The highest BCUT2D eigenvalue weighted by atomic mass is 16.5. The molecule has 0 aromatic heterocycles. The van der Waals surface area contributed by atoms with E-state index in [-0.39, 0.29) is 25.1 Å². The third-order valence-corrected chi connectivity index (χ3v) is 7.13. The number of carboxylic acids is 1. The Balaban J connectivity index is 1.36. The zero-order chi connectivity index (χ0) is 30.9. The Morgan fingerprint density at radius 2 is 1.55 bits per heavy atom. The zero-order valence-electron chi connectivity index (χ0n) is 23.8. The quantitative estimate of drug-likeness (QED) is 0.206. The largest absolute Gasteiger partial charge is 0.483 e. The van der Waals surface area contributed by atoms with E-state index in [1.165, 1.54) is 11.0 Å². The molecule has 4 aromatic carbocycles. The van der Waals surface area contributed by atoms with Gasteiger partial charge in [0.2, 0.25) is 5.91 Å². The van der Waals surface area contributed by atoms with Crippen LogP contribution in [0.4, 0.5) is 10.5 Å². The standard InChI is InChI=1S/C34H32N4O6/c39-31(37-28(19-32(40)41)24-12-6-2-7-13-24)22-38-21-30(25-14-8-3-9-15-25)44-29-17-16-26(18-27(29)33(38)42)36-34(43)35-20-23-10-4-1-5-11-23/h1-18,28,30H,19-22H2,(H,37,39)(H,40,41)(H2,35,36,43)/t28-,30-/m0/s1. The number of anilines is 1. The Bertz CT molecular complexity index is 1620. The van der Waals surface area contributed by atoms with Crippen LogP contribution in [-0.2, 0) is 16.1 Å². The van der Waals surface area contributed by atoms with Crippen LogP contribution in [0, 0.1) is 0 Å². The molecule has 224 valence electrons. The van der Waals surface area contributed by atoms with E-state index in [1.807, 2.05) is 60.7 Å². The topological polar surface area (TPSA) is 137 Å². The van der Waals surface area contributed by atoms with Gasteiger partial charge in [-0.05, 0) is 34.9 Å². The molecule has 44 heavy (non-hydrogen) atoms. The first kappa shape index (κ1) is 29.8. The summed E-state index contributed by atoms with van der Waals surface area (Å²) in [6.45, 7) is 0.0660. The summed E-state index contributed by atoms with van der Waals surface area (Å²) in [5.74, 6) is -1.73. The molecule has 0 aliphatic carbocycles. The summed E-state index contributed by atoms with van der Waals surface area (Å²) in [4.78, 5) is 52.7. The van der Waals surface area contributed by atoms with Gasteiger partial charge in [0, 0.05) is 12.2 Å². The fraction of sp³-hybridized carbons (Fsp3) is 0.176. The van der Waals surface area contributed by atoms with Gasteiger partial charge in [-0.15, -0.1) is 0 Å². The van der Waals surface area contributed by atoms with Crippen LogP contribution in [0.2, 0.25) is 0 Å². The van der Waals surface area contributed by atoms with Crippen LogP contribution < -0.4 is 20.7 Å². The van der Waals surface area contributed by atoms with Gasteiger partial charge in [-0.25, -0.2) is 4.79 Å². The lowest BCUT2D eigenvalue weighted by Crippen LogP contribution is -2.43. The molecule has 0 spiro atoms. The molecule has 5 rings (SSSR count). The van der Waals surface area contributed by atoms with Crippen molar-refractivity contribution >= 4 is 29.5 Å². The summed E-state index contributed by atoms with van der Waals surface area (Å²) >= 11 is 0. The minimum Gasteiger partial charge on any atom is -0.483 e. The maximum atomic E-state index is 13.9. The van der Waals surface area contributed by atoms with Crippen LogP contribution >= 0.6 is 0 Å². The maximum absolute atomic E-state index is 13.9. The molecule has 0 bridgehead atoms. The lowest BCUT2D eigenvalue weighted by molar-refractivity contribution is -0.137. The van der Waals surface area contributed by atoms with Gasteiger partial charge in [0.05, 0.1) is 24.6 Å². The Hall–Kier alpha value is -5.64. The molecule has 0 saturated carbocycles. The van der Waals surface area contributed by atoms with E-state index in [0.29, 0.717) is 23.5 Å². The number of nitrogens with zero attached hydrogens (tertiary/aromatic N) is 1. The van der Waals surface area contributed by atoms with Crippen molar-refractivity contribution in [3.8, 4) is 5.75 Å². The number of carboxylic acid groups (broad SMARTS) is 1. The predicted octanol–water partition coefficient (Wildman–Crippen LogP) is 4.92. The number of nitrogens with one attached hydrogen (secondary N) is 3. The van der Waals surface area contributed by atoms with Gasteiger partial charge in [-0.1, -0.05) is 91.0 Å². The number of urea groups is 1. The normalized spacial score (nSPS) is 14.8. The third kappa shape index (κ3) is 7.80. The highest BCUT2D eigenvalue weighted by Gasteiger charge is 2.32. The van der Waals surface area contributed by atoms with Gasteiger partial charge < -0.3 is 30.7 Å². The number of aliphatic carboxylic acids is 1. The van der Waals surface area contributed by atoms with E-state index in [4.69, 9.17) is 4.74 Å². The number of carbonyl (C=O) groups is 4. The average molecular weight is 593 g/mol. The van der Waals surface area contributed by atoms with Crippen LogP contribution in [0.5, 0.6) is 5.75 Å². The van der Waals surface area contributed by atoms with Crippen molar-refractivity contribution in [3.05, 3.63) is 131 Å². The van der Waals surface area contributed by atoms with E-state index in [0.717, 1.165) is 11.1 Å². The fourth-order valence-electron chi connectivity index (χ4n) is 4.98. The molecule has 4 aromatic rings. The van der Waals surface area contributed by atoms with Crippen molar-refractivity contribution in [2.45, 2.75) is 25.1 Å². The van der Waals surface area contributed by atoms with Crippen LogP contribution in [0.25, 0.3) is 0 Å². The number of fused-ring (bicyclic) bond motifs is 1. The molecule has 0 fully saturated rings. The van der Waals surface area contributed by atoms with E-state index in [2.05, 4.69) is 16.0 Å². The number of hydrogen-bond donors (Lipinski definition) is 4. The van der Waals surface area contributed by atoms with Gasteiger partial charge in [0.15, 0.2) is 0 Å². The number of carbonyl (C=O) groups excluding carboxylic acids is 3. The first-order valence-electron chi connectivity index (χ1n) is 14.2. The SMILES string of the molecule is O=C(O)C[C@H](NC(=O)CN1C[C@@H](c2ccccc2)Oc2ccc(NC(=O)NCc3ccccc3)cc2C1=O)c1ccccc1. The lowest BCUT2D eigenvalue weighted by atomic mass is 10.0. The molecule has 0 unspecified atom stereocenters.